The summed E-state index contributed by atoms with van der Waals surface area (Å²) < 4.78 is 26.0. The molecule has 0 aliphatic heterocycles. The van der Waals surface area contributed by atoms with E-state index in [1.165, 1.54) is 0 Å². The van der Waals surface area contributed by atoms with E-state index in [2.05, 4.69) is 20.9 Å². The highest BCUT2D eigenvalue weighted by Gasteiger charge is 2.19. The van der Waals surface area contributed by atoms with Crippen LogP contribution in [0.5, 0.6) is 0 Å². The Morgan fingerprint density at radius 2 is 1.94 bits per heavy atom. The van der Waals surface area contributed by atoms with Crippen LogP contribution < -0.4 is 0 Å². The number of halogens is 1. The van der Waals surface area contributed by atoms with Gasteiger partial charge in [0, 0.05) is 12.2 Å². The van der Waals surface area contributed by atoms with Crippen molar-refractivity contribution in [3.05, 3.63) is 16.6 Å². The summed E-state index contributed by atoms with van der Waals surface area (Å²) in [5.41, 5.74) is 0.592. The van der Waals surface area contributed by atoms with Crippen LogP contribution in [0.15, 0.2) is 10.9 Å². The van der Waals surface area contributed by atoms with Gasteiger partial charge in [-0.2, -0.15) is 0 Å². The quantitative estimate of drug-likeness (QED) is 0.859. The number of hydrogen-bond acceptors (Lipinski definition) is 3. The maximum absolute atomic E-state index is 11.7. The number of sulfone groups is 1. The largest absolute Gasteiger partial charge is 0.323 e. The number of rotatable bonds is 4. The van der Waals surface area contributed by atoms with Crippen molar-refractivity contribution in [2.75, 3.05) is 0 Å². The Morgan fingerprint density at radius 3 is 2.31 bits per heavy atom. The summed E-state index contributed by atoms with van der Waals surface area (Å²) >= 11 is 3.32. The average Bonchev–Trinajstić information content (AvgIpc) is 2.45. The van der Waals surface area contributed by atoms with Gasteiger partial charge in [-0.15, -0.1) is 0 Å². The Labute approximate surface area is 105 Å². The number of imidazole rings is 1. The van der Waals surface area contributed by atoms with Crippen LogP contribution in [-0.4, -0.2) is 23.2 Å². The molecular formula is C10H17BrN2O2S. The molecule has 0 atom stereocenters. The molecule has 6 heteroatoms. The van der Waals surface area contributed by atoms with Gasteiger partial charge in [-0.3, -0.25) is 0 Å². The third-order valence-electron chi connectivity index (χ3n) is 2.36. The molecule has 92 valence electrons. The Balaban J connectivity index is 2.96. The van der Waals surface area contributed by atoms with Gasteiger partial charge in [-0.05, 0) is 43.6 Å². The van der Waals surface area contributed by atoms with Crippen molar-refractivity contribution in [2.45, 2.75) is 44.7 Å². The van der Waals surface area contributed by atoms with Gasteiger partial charge in [-0.25, -0.2) is 13.4 Å². The molecule has 0 radical (unpaired) electrons. The zero-order valence-electron chi connectivity index (χ0n) is 9.94. The first-order chi connectivity index (χ1) is 7.24. The maximum Gasteiger partial charge on any atom is 0.177 e. The molecule has 0 spiro atoms. The van der Waals surface area contributed by atoms with Crippen LogP contribution in [0.2, 0.25) is 0 Å². The van der Waals surface area contributed by atoms with Crippen LogP contribution in [0.1, 0.15) is 39.4 Å². The first kappa shape index (κ1) is 13.7. The minimum atomic E-state index is -3.08. The summed E-state index contributed by atoms with van der Waals surface area (Å²) in [5.74, 6) is 0.00296. The fourth-order valence-electron chi connectivity index (χ4n) is 1.22. The van der Waals surface area contributed by atoms with Gasteiger partial charge < -0.3 is 4.57 Å². The van der Waals surface area contributed by atoms with E-state index in [1.54, 1.807) is 20.0 Å². The Kier molecular flexibility index (Phi) is 4.17. The van der Waals surface area contributed by atoms with E-state index in [9.17, 15) is 8.42 Å². The molecule has 0 saturated heterocycles. The Morgan fingerprint density at radius 1 is 1.38 bits per heavy atom. The Hall–Kier alpha value is -0.360. The zero-order chi connectivity index (χ0) is 12.5. The molecular weight excluding hydrogens is 292 g/mol. The van der Waals surface area contributed by atoms with Crippen LogP contribution in [-0.2, 0) is 15.6 Å². The van der Waals surface area contributed by atoms with Crippen molar-refractivity contribution < 1.29 is 8.42 Å². The van der Waals surface area contributed by atoms with Gasteiger partial charge >= 0.3 is 0 Å². The normalized spacial score (nSPS) is 12.7. The van der Waals surface area contributed by atoms with E-state index in [0.717, 1.165) is 0 Å². The fraction of sp³-hybridized carbons (Fsp3) is 0.700. The summed E-state index contributed by atoms with van der Waals surface area (Å²) in [5, 5.41) is -0.365. The fourth-order valence-corrected chi connectivity index (χ4v) is 2.85. The maximum atomic E-state index is 11.7. The van der Waals surface area contributed by atoms with E-state index in [1.807, 2.05) is 18.4 Å². The van der Waals surface area contributed by atoms with Crippen LogP contribution >= 0.6 is 15.9 Å². The van der Waals surface area contributed by atoms with Crippen molar-refractivity contribution in [1.29, 1.82) is 0 Å². The lowest BCUT2D eigenvalue weighted by Crippen LogP contribution is -2.16. The van der Waals surface area contributed by atoms with Gasteiger partial charge in [-0.1, -0.05) is 0 Å². The van der Waals surface area contributed by atoms with Crippen LogP contribution in [0.4, 0.5) is 0 Å². The molecule has 4 nitrogen and oxygen atoms in total. The third-order valence-corrected chi connectivity index (χ3v) is 5.08. The number of nitrogens with zero attached hydrogens (tertiary/aromatic N) is 2. The molecule has 0 unspecified atom stereocenters. The van der Waals surface area contributed by atoms with Crippen LogP contribution in [0.3, 0.4) is 0 Å². The third kappa shape index (κ3) is 3.07. The molecule has 0 aliphatic carbocycles. The predicted molar refractivity (Wildman–Crippen MR) is 68.1 cm³/mol. The van der Waals surface area contributed by atoms with E-state index in [4.69, 9.17) is 0 Å². The lowest BCUT2D eigenvalue weighted by molar-refractivity contribution is 0.583. The second kappa shape index (κ2) is 4.87. The minimum absolute atomic E-state index is 0.00296. The van der Waals surface area contributed by atoms with Gasteiger partial charge in [0.25, 0.3) is 0 Å². The zero-order valence-corrected chi connectivity index (χ0v) is 12.3. The predicted octanol–water partition coefficient (Wildman–Crippen LogP) is 2.55. The summed E-state index contributed by atoms with van der Waals surface area (Å²) in [7, 11) is -3.08. The minimum Gasteiger partial charge on any atom is -0.323 e. The summed E-state index contributed by atoms with van der Waals surface area (Å²) in [6.45, 7) is 7.41. The first-order valence-electron chi connectivity index (χ1n) is 5.19. The van der Waals surface area contributed by atoms with Crippen molar-refractivity contribution in [1.82, 2.24) is 9.55 Å². The molecule has 0 fully saturated rings. The molecule has 0 aromatic carbocycles. The summed E-state index contributed by atoms with van der Waals surface area (Å²) in [6.07, 6.45) is 1.79. The monoisotopic (exact) mass is 308 g/mol. The van der Waals surface area contributed by atoms with Gasteiger partial charge in [0.15, 0.2) is 14.6 Å². The highest BCUT2D eigenvalue weighted by Crippen LogP contribution is 2.18. The average molecular weight is 309 g/mol. The molecule has 1 heterocycles. The molecule has 0 N–H and O–H groups in total. The van der Waals surface area contributed by atoms with Crippen molar-refractivity contribution in [3.8, 4) is 0 Å². The van der Waals surface area contributed by atoms with Crippen molar-refractivity contribution >= 4 is 25.8 Å². The van der Waals surface area contributed by atoms with Crippen molar-refractivity contribution in [2.24, 2.45) is 0 Å². The van der Waals surface area contributed by atoms with E-state index in [0.29, 0.717) is 10.4 Å². The highest BCUT2D eigenvalue weighted by molar-refractivity contribution is 9.10. The topological polar surface area (TPSA) is 52.0 Å². The van der Waals surface area contributed by atoms with E-state index >= 15 is 0 Å². The molecule has 0 saturated carbocycles. The van der Waals surface area contributed by atoms with Gasteiger partial charge in [0.1, 0.15) is 0 Å². The van der Waals surface area contributed by atoms with E-state index in [-0.39, 0.29) is 17.0 Å². The molecule has 1 rings (SSSR count). The standard InChI is InChI=1S/C10H17BrN2O2S/c1-7(2)13-5-9(12-10(13)11)6-16(14,15)8(3)4/h5,7-8H,6H2,1-4H3. The van der Waals surface area contributed by atoms with Crippen LogP contribution in [0, 0.1) is 0 Å². The lowest BCUT2D eigenvalue weighted by Gasteiger charge is -2.06. The number of aromatic nitrogens is 2. The summed E-state index contributed by atoms with van der Waals surface area (Å²) in [4.78, 5) is 4.20. The van der Waals surface area contributed by atoms with Gasteiger partial charge in [0.05, 0.1) is 16.7 Å². The van der Waals surface area contributed by atoms with Crippen LogP contribution in [0.25, 0.3) is 0 Å². The van der Waals surface area contributed by atoms with E-state index < -0.39 is 9.84 Å². The smallest absolute Gasteiger partial charge is 0.177 e. The van der Waals surface area contributed by atoms with Gasteiger partial charge in [0.2, 0.25) is 0 Å². The molecule has 1 aromatic rings. The molecule has 0 amide bonds. The Bertz CT molecular complexity index is 463. The summed E-state index contributed by atoms with van der Waals surface area (Å²) in [6, 6.07) is 0.261. The second-order valence-corrected chi connectivity index (χ2v) is 7.62. The SMILES string of the molecule is CC(C)n1cc(CS(=O)(=O)C(C)C)nc1Br. The molecule has 0 aliphatic rings. The first-order valence-corrected chi connectivity index (χ1v) is 7.69. The molecule has 1 aromatic heterocycles. The number of hydrogen-bond donors (Lipinski definition) is 0. The molecule has 16 heavy (non-hydrogen) atoms. The second-order valence-electron chi connectivity index (χ2n) is 4.36. The van der Waals surface area contributed by atoms with Crippen molar-refractivity contribution in [3.63, 3.8) is 0 Å². The molecule has 0 bridgehead atoms. The lowest BCUT2D eigenvalue weighted by atomic mass is 10.4. The highest BCUT2D eigenvalue weighted by atomic mass is 79.9.